The van der Waals surface area contributed by atoms with Gasteiger partial charge in [-0.15, -0.1) is 0 Å². The first-order chi connectivity index (χ1) is 17.5. The summed E-state index contributed by atoms with van der Waals surface area (Å²) >= 11 is 3.59. The predicted molar refractivity (Wildman–Crippen MR) is 137 cm³/mol. The number of nitrogens with zero attached hydrogens (tertiary/aromatic N) is 3. The van der Waals surface area contributed by atoms with Crippen LogP contribution in [0.5, 0.6) is 11.5 Å². The number of hydrogen-bond acceptors (Lipinski definition) is 5. The van der Waals surface area contributed by atoms with Gasteiger partial charge in [-0.05, 0) is 35.9 Å². The molecular weight excluding hydrogens is 528 g/mol. The van der Waals surface area contributed by atoms with Crippen molar-refractivity contribution in [1.82, 2.24) is 9.91 Å². The summed E-state index contributed by atoms with van der Waals surface area (Å²) in [6.45, 7) is -0.243. The van der Waals surface area contributed by atoms with Crippen molar-refractivity contribution in [2.45, 2.75) is 44.2 Å². The van der Waals surface area contributed by atoms with E-state index in [-0.39, 0.29) is 11.8 Å². The van der Waals surface area contributed by atoms with E-state index in [1.54, 1.807) is 18.2 Å². The number of alkyl halides is 2. The van der Waals surface area contributed by atoms with Gasteiger partial charge in [0.05, 0.1) is 11.8 Å². The molecular formula is C28H26BrF2N3O2. The molecule has 1 spiro atoms. The van der Waals surface area contributed by atoms with E-state index in [9.17, 15) is 8.78 Å². The maximum atomic E-state index is 13.1. The lowest BCUT2D eigenvalue weighted by Crippen LogP contribution is -2.59. The largest absolute Gasteiger partial charge is 0.466 e. The standard InChI is InChI=1S/C28H26BrF2N3O2/c29-20-10-11-26-22(16-20)24-17-23(21-8-4-5-9-25(21)35-27(30)31)32-34(24)28(36-26)12-14-33(15-13-28)18-19-6-2-1-3-7-19/h1-11,16,24,27H,12-15,17-18H2/t24-/m1/s1. The quantitative estimate of drug-likeness (QED) is 0.357. The van der Waals surface area contributed by atoms with E-state index in [4.69, 9.17) is 14.6 Å². The summed E-state index contributed by atoms with van der Waals surface area (Å²) in [7, 11) is 0. The van der Waals surface area contributed by atoms with E-state index in [1.165, 1.54) is 5.56 Å². The zero-order valence-electron chi connectivity index (χ0n) is 19.6. The zero-order valence-corrected chi connectivity index (χ0v) is 21.2. The highest BCUT2D eigenvalue weighted by atomic mass is 79.9. The number of fused-ring (bicyclic) bond motifs is 4. The van der Waals surface area contributed by atoms with Crippen molar-refractivity contribution in [2.24, 2.45) is 5.10 Å². The topological polar surface area (TPSA) is 37.3 Å². The molecule has 36 heavy (non-hydrogen) atoms. The Balaban J connectivity index is 1.32. The summed E-state index contributed by atoms with van der Waals surface area (Å²) in [4.78, 5) is 2.45. The third-order valence-electron chi connectivity index (χ3n) is 7.26. The molecule has 1 saturated heterocycles. The molecule has 0 aromatic heterocycles. The first-order valence-corrected chi connectivity index (χ1v) is 13.0. The fourth-order valence-corrected chi connectivity index (χ4v) is 5.93. The van der Waals surface area contributed by atoms with Crippen molar-refractivity contribution in [3.63, 3.8) is 0 Å². The molecule has 1 fully saturated rings. The number of para-hydroxylation sites is 1. The Morgan fingerprint density at radius 3 is 2.56 bits per heavy atom. The summed E-state index contributed by atoms with van der Waals surface area (Å²) in [5, 5.41) is 7.12. The molecule has 3 aliphatic heterocycles. The predicted octanol–water partition coefficient (Wildman–Crippen LogP) is 6.59. The van der Waals surface area contributed by atoms with Crippen LogP contribution in [0.3, 0.4) is 0 Å². The number of halogens is 3. The Labute approximate surface area is 217 Å². The maximum absolute atomic E-state index is 13.1. The van der Waals surface area contributed by atoms with E-state index in [0.717, 1.165) is 54.0 Å². The lowest BCUT2D eigenvalue weighted by molar-refractivity contribution is -0.150. The number of benzene rings is 3. The molecule has 3 aliphatic rings. The van der Waals surface area contributed by atoms with Crippen LogP contribution in [-0.2, 0) is 6.54 Å². The average Bonchev–Trinajstić information content (AvgIpc) is 3.34. The van der Waals surface area contributed by atoms with Crippen LogP contribution in [-0.4, -0.2) is 41.0 Å². The van der Waals surface area contributed by atoms with Gasteiger partial charge in [-0.25, -0.2) is 5.01 Å². The summed E-state index contributed by atoms with van der Waals surface area (Å²) in [5.74, 6) is 1.01. The number of piperidine rings is 1. The van der Waals surface area contributed by atoms with Crippen LogP contribution in [0, 0.1) is 0 Å². The minimum absolute atomic E-state index is 0.0403. The summed E-state index contributed by atoms with van der Waals surface area (Å²) < 4.78 is 38.7. The molecule has 0 saturated carbocycles. The minimum Gasteiger partial charge on any atom is -0.466 e. The van der Waals surface area contributed by atoms with Gasteiger partial charge in [0.2, 0.25) is 5.72 Å². The van der Waals surface area contributed by atoms with Crippen LogP contribution in [0.2, 0.25) is 0 Å². The highest BCUT2D eigenvalue weighted by Gasteiger charge is 2.52. The van der Waals surface area contributed by atoms with E-state index in [1.807, 2.05) is 24.3 Å². The van der Waals surface area contributed by atoms with E-state index >= 15 is 0 Å². The van der Waals surface area contributed by atoms with Crippen molar-refractivity contribution in [3.05, 3.63) is 94.0 Å². The second kappa shape index (κ2) is 9.48. The molecule has 0 unspecified atom stereocenters. The van der Waals surface area contributed by atoms with Crippen LogP contribution in [0.25, 0.3) is 0 Å². The number of hydrogen-bond donors (Lipinski definition) is 0. The molecule has 6 rings (SSSR count). The molecule has 3 aromatic rings. The van der Waals surface area contributed by atoms with E-state index in [0.29, 0.717) is 12.0 Å². The molecule has 0 radical (unpaired) electrons. The smallest absolute Gasteiger partial charge is 0.387 e. The molecule has 186 valence electrons. The molecule has 0 N–H and O–H groups in total. The fraction of sp³-hybridized carbons (Fsp3) is 0.321. The molecule has 5 nitrogen and oxygen atoms in total. The molecule has 3 heterocycles. The molecule has 0 amide bonds. The van der Waals surface area contributed by atoms with E-state index < -0.39 is 12.3 Å². The minimum atomic E-state index is -2.89. The van der Waals surface area contributed by atoms with Gasteiger partial charge in [0.1, 0.15) is 11.5 Å². The number of likely N-dealkylation sites (tertiary alicyclic amines) is 1. The Hall–Kier alpha value is -2.97. The monoisotopic (exact) mass is 553 g/mol. The van der Waals surface area contributed by atoms with Crippen LogP contribution < -0.4 is 9.47 Å². The third kappa shape index (κ3) is 4.37. The van der Waals surface area contributed by atoms with Crippen molar-refractivity contribution in [1.29, 1.82) is 0 Å². The molecule has 8 heteroatoms. The number of rotatable bonds is 5. The van der Waals surface area contributed by atoms with Gasteiger partial charge < -0.3 is 9.47 Å². The van der Waals surface area contributed by atoms with Crippen LogP contribution in [0.1, 0.15) is 42.0 Å². The Kier molecular flexibility index (Phi) is 6.17. The van der Waals surface area contributed by atoms with Crippen LogP contribution in [0.15, 0.2) is 82.4 Å². The van der Waals surface area contributed by atoms with Crippen LogP contribution in [0.4, 0.5) is 8.78 Å². The first-order valence-electron chi connectivity index (χ1n) is 12.2. The Bertz CT molecular complexity index is 1280. The normalized spacial score (nSPS) is 20.6. The summed E-state index contributed by atoms with van der Waals surface area (Å²) in [6, 6.07) is 23.4. The Morgan fingerprint density at radius 2 is 1.78 bits per heavy atom. The van der Waals surface area contributed by atoms with Crippen molar-refractivity contribution in [3.8, 4) is 11.5 Å². The van der Waals surface area contributed by atoms with Gasteiger partial charge in [-0.3, -0.25) is 4.90 Å². The zero-order chi connectivity index (χ0) is 24.7. The van der Waals surface area contributed by atoms with Gasteiger partial charge in [0, 0.05) is 54.5 Å². The first kappa shape index (κ1) is 23.4. The lowest BCUT2D eigenvalue weighted by atomic mass is 9.90. The van der Waals surface area contributed by atoms with Gasteiger partial charge in [0.25, 0.3) is 0 Å². The van der Waals surface area contributed by atoms with Crippen LogP contribution >= 0.6 is 15.9 Å². The average molecular weight is 554 g/mol. The van der Waals surface area contributed by atoms with Gasteiger partial charge in [0.15, 0.2) is 0 Å². The lowest BCUT2D eigenvalue weighted by Gasteiger charge is -2.51. The highest BCUT2D eigenvalue weighted by molar-refractivity contribution is 9.10. The molecule has 3 aromatic carbocycles. The SMILES string of the molecule is FC(F)Oc1ccccc1C1=NN2[C@H](C1)c1cc(Br)ccc1OC21CCN(Cc2ccccc2)CC1. The van der Waals surface area contributed by atoms with E-state index in [2.05, 4.69) is 56.2 Å². The number of hydrazone groups is 1. The second-order valence-corrected chi connectivity index (χ2v) is 10.4. The van der Waals surface area contributed by atoms with Crippen molar-refractivity contribution >= 4 is 21.6 Å². The molecule has 0 bridgehead atoms. The van der Waals surface area contributed by atoms with Gasteiger partial charge in [-0.2, -0.15) is 13.9 Å². The Morgan fingerprint density at radius 1 is 1.03 bits per heavy atom. The van der Waals surface area contributed by atoms with Crippen molar-refractivity contribution < 1.29 is 18.3 Å². The third-order valence-corrected chi connectivity index (χ3v) is 7.75. The second-order valence-electron chi connectivity index (χ2n) is 9.48. The fourth-order valence-electron chi connectivity index (χ4n) is 5.55. The molecule has 0 aliphatic carbocycles. The molecule has 1 atom stereocenters. The van der Waals surface area contributed by atoms with Crippen molar-refractivity contribution in [2.75, 3.05) is 13.1 Å². The van der Waals surface area contributed by atoms with Gasteiger partial charge >= 0.3 is 6.61 Å². The van der Waals surface area contributed by atoms with Gasteiger partial charge in [-0.1, -0.05) is 58.4 Å². The summed E-state index contributed by atoms with van der Waals surface area (Å²) in [5.41, 5.74) is 3.09. The number of ether oxygens (including phenoxy) is 2. The summed E-state index contributed by atoms with van der Waals surface area (Å²) in [6.07, 6.45) is 2.17. The highest BCUT2D eigenvalue weighted by Crippen LogP contribution is 2.51. The maximum Gasteiger partial charge on any atom is 0.387 e.